The highest BCUT2D eigenvalue weighted by Crippen LogP contribution is 2.32. The Kier molecular flexibility index (Phi) is 4.67. The lowest BCUT2D eigenvalue weighted by Crippen LogP contribution is -2.38. The monoisotopic (exact) mass is 370 g/mol. The van der Waals surface area contributed by atoms with Crippen molar-refractivity contribution in [1.82, 2.24) is 29.7 Å². The summed E-state index contributed by atoms with van der Waals surface area (Å²) in [4.78, 5) is 17.2. The zero-order chi connectivity index (χ0) is 18.1. The summed E-state index contributed by atoms with van der Waals surface area (Å²) in [7, 11) is 2.02. The molecule has 0 atom stereocenters. The van der Waals surface area contributed by atoms with Crippen molar-refractivity contribution < 1.29 is 4.79 Å². The second-order valence-corrected chi connectivity index (χ2v) is 8.01. The lowest BCUT2D eigenvalue weighted by atomic mass is 9.94. The summed E-state index contributed by atoms with van der Waals surface area (Å²) in [6.45, 7) is 1.85. The van der Waals surface area contributed by atoms with Crippen LogP contribution in [0.4, 0.5) is 0 Å². The first-order chi connectivity index (χ1) is 12.6. The number of nitrogens with one attached hydrogen (secondary N) is 1. The first kappa shape index (κ1) is 17.1. The number of carbonyl (C=O) groups is 1. The third-order valence-corrected chi connectivity index (χ3v) is 6.29. The number of hydrogen-bond acceptors (Lipinski definition) is 5. The molecule has 0 radical (unpaired) electrons. The van der Waals surface area contributed by atoms with E-state index in [9.17, 15) is 4.79 Å². The molecule has 0 unspecified atom stereocenters. The van der Waals surface area contributed by atoms with Crippen LogP contribution in [0, 0.1) is 6.92 Å². The third kappa shape index (κ3) is 3.33. The Bertz CT molecular complexity index is 925. The van der Waals surface area contributed by atoms with Gasteiger partial charge in [-0.15, -0.1) is 0 Å². The van der Waals surface area contributed by atoms with Crippen molar-refractivity contribution in [3.8, 4) is 0 Å². The summed E-state index contributed by atoms with van der Waals surface area (Å²) in [5.74, 6) is -0.0503. The average molecular weight is 370 g/mol. The molecule has 8 heteroatoms. The highest BCUT2D eigenvalue weighted by atomic mass is 32.2. The fourth-order valence-electron chi connectivity index (χ4n) is 3.48. The van der Waals surface area contributed by atoms with Crippen LogP contribution in [0.3, 0.4) is 0 Å². The molecule has 0 bridgehead atoms. The summed E-state index contributed by atoms with van der Waals surface area (Å²) >= 11 is 1.84. The first-order valence-corrected chi connectivity index (χ1v) is 9.75. The van der Waals surface area contributed by atoms with Crippen LogP contribution in [0.15, 0.2) is 35.9 Å². The van der Waals surface area contributed by atoms with Gasteiger partial charge in [-0.25, -0.2) is 4.98 Å². The van der Waals surface area contributed by atoms with Gasteiger partial charge in [0.1, 0.15) is 5.52 Å². The number of hydrogen-bond donors (Lipinski definition) is 1. The van der Waals surface area contributed by atoms with E-state index in [-0.39, 0.29) is 11.9 Å². The lowest BCUT2D eigenvalue weighted by molar-refractivity contribution is 0.0929. The van der Waals surface area contributed by atoms with E-state index in [0.717, 1.165) is 36.4 Å². The quantitative estimate of drug-likeness (QED) is 0.764. The van der Waals surface area contributed by atoms with Gasteiger partial charge in [0.05, 0.1) is 11.3 Å². The van der Waals surface area contributed by atoms with Crippen LogP contribution < -0.4 is 5.32 Å². The van der Waals surface area contributed by atoms with Gasteiger partial charge in [-0.05, 0) is 44.7 Å². The van der Waals surface area contributed by atoms with E-state index >= 15 is 0 Å². The average Bonchev–Trinajstić information content (AvgIpc) is 3.18. The molecule has 1 saturated carbocycles. The Balaban J connectivity index is 1.37. The number of aryl methyl sites for hydroxylation is 2. The fourth-order valence-corrected chi connectivity index (χ4v) is 4.64. The standard InChI is InChI=1S/C18H22N6OS/c1-12-16(15-4-3-9-20-24(15)22-12)17(25)21-13-5-7-14(8-6-13)26-18-19-10-11-23(18)2/h3-4,9-11,13-14H,5-8H2,1-2H3,(H,21,25). The Hall–Kier alpha value is -2.35. The van der Waals surface area contributed by atoms with Crippen molar-refractivity contribution in [2.45, 2.75) is 49.1 Å². The summed E-state index contributed by atoms with van der Waals surface area (Å²) in [6.07, 6.45) is 9.62. The van der Waals surface area contributed by atoms with Gasteiger partial charge in [-0.1, -0.05) is 11.8 Å². The summed E-state index contributed by atoms with van der Waals surface area (Å²) < 4.78 is 3.57. The smallest absolute Gasteiger partial charge is 0.255 e. The van der Waals surface area contributed by atoms with E-state index in [1.54, 1.807) is 6.20 Å². The number of carbonyl (C=O) groups excluding carboxylic acids is 1. The molecular formula is C18H22N6OS. The van der Waals surface area contributed by atoms with Crippen LogP contribution in [0.2, 0.25) is 0 Å². The second kappa shape index (κ2) is 7.11. The molecule has 1 aliphatic rings. The first-order valence-electron chi connectivity index (χ1n) is 8.87. The molecule has 3 aromatic heterocycles. The number of imidazole rings is 1. The van der Waals surface area contributed by atoms with Crippen LogP contribution in [0.1, 0.15) is 41.7 Å². The van der Waals surface area contributed by atoms with Crippen LogP contribution in [0.25, 0.3) is 5.52 Å². The molecule has 4 rings (SSSR count). The topological polar surface area (TPSA) is 77.1 Å². The predicted molar refractivity (Wildman–Crippen MR) is 100 cm³/mol. The number of nitrogens with zero attached hydrogens (tertiary/aromatic N) is 5. The Labute approximate surface area is 156 Å². The van der Waals surface area contributed by atoms with E-state index in [0.29, 0.717) is 16.5 Å². The lowest BCUT2D eigenvalue weighted by Gasteiger charge is -2.28. The highest BCUT2D eigenvalue weighted by Gasteiger charge is 2.26. The molecule has 0 saturated heterocycles. The molecular weight excluding hydrogens is 348 g/mol. The van der Waals surface area contributed by atoms with Crippen molar-refractivity contribution in [1.29, 1.82) is 0 Å². The number of fused-ring (bicyclic) bond motifs is 1. The Morgan fingerprint density at radius 1 is 1.27 bits per heavy atom. The Morgan fingerprint density at radius 2 is 2.08 bits per heavy atom. The van der Waals surface area contributed by atoms with Crippen LogP contribution in [0.5, 0.6) is 0 Å². The minimum atomic E-state index is -0.0503. The van der Waals surface area contributed by atoms with Gasteiger partial charge in [-0.3, -0.25) is 4.79 Å². The number of aromatic nitrogens is 5. The number of amides is 1. The molecule has 0 aliphatic heterocycles. The molecule has 0 spiro atoms. The molecule has 0 aromatic carbocycles. The second-order valence-electron chi connectivity index (χ2n) is 6.74. The third-order valence-electron chi connectivity index (χ3n) is 4.88. The van der Waals surface area contributed by atoms with Gasteiger partial charge >= 0.3 is 0 Å². The minimum absolute atomic E-state index is 0.0503. The SMILES string of the molecule is Cc1nn2ncccc2c1C(=O)NC1CCC(Sc2nccn2C)CC1. The van der Waals surface area contributed by atoms with Crippen molar-refractivity contribution in [2.24, 2.45) is 7.05 Å². The molecule has 3 aromatic rings. The van der Waals surface area contributed by atoms with E-state index < -0.39 is 0 Å². The van der Waals surface area contributed by atoms with Crippen LogP contribution in [-0.4, -0.2) is 41.6 Å². The zero-order valence-corrected chi connectivity index (χ0v) is 15.7. The maximum absolute atomic E-state index is 12.8. The van der Waals surface area contributed by atoms with Gasteiger partial charge in [0, 0.05) is 36.9 Å². The van der Waals surface area contributed by atoms with Crippen molar-refractivity contribution in [2.75, 3.05) is 0 Å². The molecule has 26 heavy (non-hydrogen) atoms. The van der Waals surface area contributed by atoms with Crippen molar-refractivity contribution in [3.05, 3.63) is 42.0 Å². The minimum Gasteiger partial charge on any atom is -0.349 e. The van der Waals surface area contributed by atoms with Gasteiger partial charge in [0.2, 0.25) is 0 Å². The maximum atomic E-state index is 12.8. The number of thioether (sulfide) groups is 1. The molecule has 7 nitrogen and oxygen atoms in total. The van der Waals surface area contributed by atoms with E-state index in [4.69, 9.17) is 0 Å². The highest BCUT2D eigenvalue weighted by molar-refractivity contribution is 7.99. The zero-order valence-electron chi connectivity index (χ0n) is 14.9. The van der Waals surface area contributed by atoms with Gasteiger partial charge < -0.3 is 9.88 Å². The van der Waals surface area contributed by atoms with Gasteiger partial charge in [0.25, 0.3) is 5.91 Å². The summed E-state index contributed by atoms with van der Waals surface area (Å²) in [6, 6.07) is 3.92. The summed E-state index contributed by atoms with van der Waals surface area (Å²) in [5.41, 5.74) is 2.09. The van der Waals surface area contributed by atoms with Crippen molar-refractivity contribution >= 4 is 23.2 Å². The van der Waals surface area contributed by atoms with Crippen LogP contribution in [-0.2, 0) is 7.05 Å². The Morgan fingerprint density at radius 3 is 2.81 bits per heavy atom. The number of rotatable bonds is 4. The normalized spacial score (nSPS) is 20.4. The van der Waals surface area contributed by atoms with E-state index in [2.05, 4.69) is 25.1 Å². The molecule has 1 fully saturated rings. The summed E-state index contributed by atoms with van der Waals surface area (Å²) in [5, 5.41) is 13.3. The molecule has 1 N–H and O–H groups in total. The molecule has 1 aliphatic carbocycles. The fraction of sp³-hybridized carbons (Fsp3) is 0.444. The predicted octanol–water partition coefficient (Wildman–Crippen LogP) is 2.60. The van der Waals surface area contributed by atoms with Gasteiger partial charge in [0.15, 0.2) is 5.16 Å². The largest absolute Gasteiger partial charge is 0.349 e. The van der Waals surface area contributed by atoms with E-state index in [1.165, 1.54) is 4.63 Å². The molecule has 1 amide bonds. The van der Waals surface area contributed by atoms with Gasteiger partial charge in [-0.2, -0.15) is 14.8 Å². The molecule has 3 heterocycles. The molecule has 136 valence electrons. The van der Waals surface area contributed by atoms with E-state index in [1.807, 2.05) is 50.3 Å². The van der Waals surface area contributed by atoms with Crippen molar-refractivity contribution in [3.63, 3.8) is 0 Å². The van der Waals surface area contributed by atoms with Crippen LogP contribution >= 0.6 is 11.8 Å². The maximum Gasteiger partial charge on any atom is 0.255 e.